The van der Waals surface area contributed by atoms with Gasteiger partial charge in [0.15, 0.2) is 0 Å². The maximum atomic E-state index is 12.7. The van der Waals surface area contributed by atoms with Gasteiger partial charge in [0.05, 0.1) is 21.2 Å². The second-order valence-electron chi connectivity index (χ2n) is 6.92. The summed E-state index contributed by atoms with van der Waals surface area (Å²) in [5.74, 6) is 0.524. The number of likely N-dealkylation sites (tertiary alicyclic amines) is 1. The highest BCUT2D eigenvalue weighted by atomic mass is 35.5. The molecule has 0 aliphatic carbocycles. The van der Waals surface area contributed by atoms with Crippen molar-refractivity contribution in [3.05, 3.63) is 59.1 Å². The van der Waals surface area contributed by atoms with E-state index in [1.54, 1.807) is 42.5 Å². The van der Waals surface area contributed by atoms with Crippen LogP contribution >= 0.6 is 11.6 Å². The Bertz CT molecular complexity index is 923. The predicted octanol–water partition coefficient (Wildman–Crippen LogP) is 4.04. The average Bonchev–Trinajstić information content (AvgIpc) is 2.68. The van der Waals surface area contributed by atoms with Crippen molar-refractivity contribution < 1.29 is 13.2 Å². The van der Waals surface area contributed by atoms with Gasteiger partial charge in [-0.05, 0) is 49.1 Å². The first-order valence-corrected chi connectivity index (χ1v) is 10.8. The van der Waals surface area contributed by atoms with Gasteiger partial charge in [0.1, 0.15) is 0 Å². The number of halogens is 1. The van der Waals surface area contributed by atoms with Crippen molar-refractivity contribution in [3.8, 4) is 0 Å². The maximum absolute atomic E-state index is 12.7. The number of hydrogen-bond donors (Lipinski definition) is 0. The summed E-state index contributed by atoms with van der Waals surface area (Å²) >= 11 is 6.34. The number of rotatable bonds is 4. The Labute approximate surface area is 165 Å². The molecule has 2 aromatic rings. The molecule has 3 rings (SSSR count). The van der Waals surface area contributed by atoms with E-state index in [0.29, 0.717) is 17.2 Å². The standard InChI is InChI=1S/C20H23ClN2O3S/c1-15-10-12-23(13-11-15)20(24)18-9-8-16(14-19(18)21)22(2)27(25,26)17-6-4-3-5-7-17/h3-9,14-15H,10-13H2,1-2H3. The Balaban J connectivity index is 1.83. The highest BCUT2D eigenvalue weighted by Crippen LogP contribution is 2.28. The molecule has 1 amide bonds. The average molecular weight is 407 g/mol. The molecule has 0 atom stereocenters. The largest absolute Gasteiger partial charge is 0.339 e. The molecule has 27 heavy (non-hydrogen) atoms. The van der Waals surface area contributed by atoms with E-state index in [1.165, 1.54) is 17.4 Å². The van der Waals surface area contributed by atoms with E-state index in [9.17, 15) is 13.2 Å². The van der Waals surface area contributed by atoms with E-state index in [0.717, 1.165) is 25.9 Å². The Kier molecular flexibility index (Phi) is 5.77. The normalized spacial score (nSPS) is 15.6. The minimum Gasteiger partial charge on any atom is -0.339 e. The fraction of sp³-hybridized carbons (Fsp3) is 0.350. The van der Waals surface area contributed by atoms with Crippen molar-refractivity contribution in [1.29, 1.82) is 0 Å². The number of sulfonamides is 1. The van der Waals surface area contributed by atoms with Gasteiger partial charge in [0.2, 0.25) is 0 Å². The van der Waals surface area contributed by atoms with Crippen molar-refractivity contribution >= 4 is 33.2 Å². The van der Waals surface area contributed by atoms with Crippen LogP contribution in [0.25, 0.3) is 0 Å². The summed E-state index contributed by atoms with van der Waals surface area (Å²) in [6.07, 6.45) is 1.97. The number of carbonyl (C=O) groups excluding carboxylic acids is 1. The topological polar surface area (TPSA) is 57.7 Å². The molecule has 0 radical (unpaired) electrons. The molecule has 1 heterocycles. The number of carbonyl (C=O) groups is 1. The van der Waals surface area contributed by atoms with E-state index in [1.807, 2.05) is 4.90 Å². The molecule has 1 aliphatic rings. The summed E-state index contributed by atoms with van der Waals surface area (Å²) in [6, 6.07) is 13.0. The second kappa shape index (κ2) is 7.90. The third-order valence-electron chi connectivity index (χ3n) is 5.02. The Morgan fingerprint density at radius 1 is 1.11 bits per heavy atom. The number of anilines is 1. The van der Waals surface area contributed by atoms with Crippen molar-refractivity contribution in [2.24, 2.45) is 5.92 Å². The number of piperidine rings is 1. The van der Waals surface area contributed by atoms with Gasteiger partial charge < -0.3 is 4.90 Å². The SMILES string of the molecule is CC1CCN(C(=O)c2ccc(N(C)S(=O)(=O)c3ccccc3)cc2Cl)CC1. The smallest absolute Gasteiger partial charge is 0.264 e. The van der Waals surface area contributed by atoms with Gasteiger partial charge in [-0.15, -0.1) is 0 Å². The van der Waals surface area contributed by atoms with Gasteiger partial charge in [-0.25, -0.2) is 8.42 Å². The molecule has 0 N–H and O–H groups in total. The van der Waals surface area contributed by atoms with Crippen LogP contribution in [0.2, 0.25) is 5.02 Å². The summed E-state index contributed by atoms with van der Waals surface area (Å²) < 4.78 is 26.7. The van der Waals surface area contributed by atoms with Gasteiger partial charge in [-0.3, -0.25) is 9.10 Å². The summed E-state index contributed by atoms with van der Waals surface area (Å²) in [5.41, 5.74) is 0.813. The van der Waals surface area contributed by atoms with Crippen molar-refractivity contribution in [3.63, 3.8) is 0 Å². The zero-order valence-electron chi connectivity index (χ0n) is 15.4. The van der Waals surface area contributed by atoms with E-state index in [4.69, 9.17) is 11.6 Å². The van der Waals surface area contributed by atoms with Gasteiger partial charge in [0.25, 0.3) is 15.9 Å². The Morgan fingerprint density at radius 3 is 2.33 bits per heavy atom. The lowest BCUT2D eigenvalue weighted by atomic mass is 9.98. The molecule has 5 nitrogen and oxygen atoms in total. The minimum absolute atomic E-state index is 0.105. The molecule has 0 unspecified atom stereocenters. The van der Waals surface area contributed by atoms with Crippen LogP contribution < -0.4 is 4.31 Å². The first kappa shape index (κ1) is 19.7. The van der Waals surface area contributed by atoms with Crippen molar-refractivity contribution in [2.45, 2.75) is 24.7 Å². The van der Waals surface area contributed by atoms with Crippen LogP contribution in [0.5, 0.6) is 0 Å². The lowest BCUT2D eigenvalue weighted by Gasteiger charge is -2.30. The fourth-order valence-electron chi connectivity index (χ4n) is 3.14. The zero-order chi connectivity index (χ0) is 19.6. The van der Waals surface area contributed by atoms with Crippen molar-refractivity contribution in [1.82, 2.24) is 4.90 Å². The van der Waals surface area contributed by atoms with Gasteiger partial charge in [0, 0.05) is 20.1 Å². The first-order valence-electron chi connectivity index (χ1n) is 8.93. The predicted molar refractivity (Wildman–Crippen MR) is 108 cm³/mol. The van der Waals surface area contributed by atoms with Crippen LogP contribution in [0.15, 0.2) is 53.4 Å². The quantitative estimate of drug-likeness (QED) is 0.769. The molecular formula is C20H23ClN2O3S. The number of hydrogen-bond acceptors (Lipinski definition) is 3. The maximum Gasteiger partial charge on any atom is 0.264 e. The molecule has 0 bridgehead atoms. The molecule has 2 aromatic carbocycles. The third-order valence-corrected chi connectivity index (χ3v) is 7.13. The Morgan fingerprint density at radius 2 is 1.74 bits per heavy atom. The molecule has 7 heteroatoms. The van der Waals surface area contributed by atoms with Crippen LogP contribution in [0, 0.1) is 5.92 Å². The summed E-state index contributed by atoms with van der Waals surface area (Å²) in [6.45, 7) is 3.63. The highest BCUT2D eigenvalue weighted by molar-refractivity contribution is 7.92. The number of nitrogens with zero attached hydrogens (tertiary/aromatic N) is 2. The number of benzene rings is 2. The molecule has 0 aromatic heterocycles. The summed E-state index contributed by atoms with van der Waals surface area (Å²) in [7, 11) is -2.22. The van der Waals surface area contributed by atoms with Crippen LogP contribution in [0.1, 0.15) is 30.1 Å². The number of amides is 1. The Hall–Kier alpha value is -2.05. The van der Waals surface area contributed by atoms with E-state index in [2.05, 4.69) is 6.92 Å². The lowest BCUT2D eigenvalue weighted by molar-refractivity contribution is 0.0697. The summed E-state index contributed by atoms with van der Waals surface area (Å²) in [4.78, 5) is 14.7. The highest BCUT2D eigenvalue weighted by Gasteiger charge is 2.25. The van der Waals surface area contributed by atoms with Crippen molar-refractivity contribution in [2.75, 3.05) is 24.4 Å². The molecule has 0 saturated carbocycles. The molecular weight excluding hydrogens is 384 g/mol. The molecule has 144 valence electrons. The first-order chi connectivity index (χ1) is 12.8. The minimum atomic E-state index is -3.69. The lowest BCUT2D eigenvalue weighted by Crippen LogP contribution is -2.38. The van der Waals surface area contributed by atoms with E-state index in [-0.39, 0.29) is 15.8 Å². The van der Waals surface area contributed by atoms with Crippen LogP contribution in [0.4, 0.5) is 5.69 Å². The fourth-order valence-corrected chi connectivity index (χ4v) is 4.61. The molecule has 0 spiro atoms. The van der Waals surface area contributed by atoms with Crippen LogP contribution in [0.3, 0.4) is 0 Å². The van der Waals surface area contributed by atoms with E-state index >= 15 is 0 Å². The molecule has 1 aliphatic heterocycles. The molecule has 1 saturated heterocycles. The van der Waals surface area contributed by atoms with Crippen LogP contribution in [-0.4, -0.2) is 39.4 Å². The second-order valence-corrected chi connectivity index (χ2v) is 9.30. The zero-order valence-corrected chi connectivity index (χ0v) is 17.0. The monoisotopic (exact) mass is 406 g/mol. The van der Waals surface area contributed by atoms with Gasteiger partial charge in [-0.1, -0.05) is 36.7 Å². The molecule has 1 fully saturated rings. The van der Waals surface area contributed by atoms with Gasteiger partial charge in [-0.2, -0.15) is 0 Å². The van der Waals surface area contributed by atoms with Crippen LogP contribution in [-0.2, 0) is 10.0 Å². The third kappa shape index (κ3) is 4.12. The van der Waals surface area contributed by atoms with E-state index < -0.39 is 10.0 Å². The van der Waals surface area contributed by atoms with Gasteiger partial charge >= 0.3 is 0 Å². The summed E-state index contributed by atoms with van der Waals surface area (Å²) in [5, 5.41) is 0.256.